The number of rotatable bonds is 8. The molecule has 164 valence electrons. The summed E-state index contributed by atoms with van der Waals surface area (Å²) in [6, 6.07) is 7.61. The molecule has 1 aliphatic rings. The van der Waals surface area contributed by atoms with E-state index in [9.17, 15) is 14.4 Å². The van der Waals surface area contributed by atoms with E-state index in [1.807, 2.05) is 20.8 Å². The summed E-state index contributed by atoms with van der Waals surface area (Å²) in [7, 11) is 1.23. The van der Waals surface area contributed by atoms with E-state index >= 15 is 0 Å². The lowest BCUT2D eigenvalue weighted by Gasteiger charge is -2.15. The first-order valence-corrected chi connectivity index (χ1v) is 9.77. The third-order valence-corrected chi connectivity index (χ3v) is 4.27. The Kier molecular flexibility index (Phi) is 6.64. The summed E-state index contributed by atoms with van der Waals surface area (Å²) in [4.78, 5) is 37.5. The lowest BCUT2D eigenvalue weighted by molar-refractivity contribution is -0.123. The minimum Gasteiger partial charge on any atom is -0.490 e. The Labute approximate surface area is 179 Å². The predicted octanol–water partition coefficient (Wildman–Crippen LogP) is 3.35. The molecule has 9 heteroatoms. The fraction of sp³-hybridized carbons (Fsp3) is 0.318. The Morgan fingerprint density at radius 3 is 2.65 bits per heavy atom. The number of furan rings is 1. The van der Waals surface area contributed by atoms with Crippen molar-refractivity contribution in [3.05, 3.63) is 53.1 Å². The molecule has 0 spiro atoms. The number of urea groups is 1. The highest BCUT2D eigenvalue weighted by atomic mass is 16.5. The third-order valence-electron chi connectivity index (χ3n) is 4.27. The third kappa shape index (κ3) is 5.06. The Hall–Kier alpha value is -3.75. The highest BCUT2D eigenvalue weighted by Crippen LogP contribution is 2.30. The van der Waals surface area contributed by atoms with Crippen LogP contribution in [0.2, 0.25) is 0 Å². The molecule has 1 fully saturated rings. The lowest BCUT2D eigenvalue weighted by atomic mass is 10.1. The Balaban J connectivity index is 1.79. The zero-order valence-electron chi connectivity index (χ0n) is 17.8. The summed E-state index contributed by atoms with van der Waals surface area (Å²) in [6.45, 7) is 6.03. The molecule has 2 aromatic rings. The highest BCUT2D eigenvalue weighted by molar-refractivity contribution is 6.13. The summed E-state index contributed by atoms with van der Waals surface area (Å²) >= 11 is 0. The van der Waals surface area contributed by atoms with E-state index in [1.54, 1.807) is 24.3 Å². The van der Waals surface area contributed by atoms with Crippen molar-refractivity contribution in [2.75, 3.05) is 13.7 Å². The number of ether oxygens (including phenoxy) is 3. The molecule has 3 amide bonds. The van der Waals surface area contributed by atoms with Crippen molar-refractivity contribution in [2.24, 2.45) is 0 Å². The van der Waals surface area contributed by atoms with Gasteiger partial charge in [-0.05, 0) is 56.7 Å². The fourth-order valence-corrected chi connectivity index (χ4v) is 2.94. The van der Waals surface area contributed by atoms with E-state index in [0.717, 1.165) is 4.90 Å². The first kappa shape index (κ1) is 21.9. The molecule has 31 heavy (non-hydrogen) atoms. The van der Waals surface area contributed by atoms with Crippen LogP contribution in [0.15, 0.2) is 40.4 Å². The second-order valence-electron chi connectivity index (χ2n) is 6.94. The Morgan fingerprint density at radius 1 is 1.19 bits per heavy atom. The predicted molar refractivity (Wildman–Crippen MR) is 110 cm³/mol. The van der Waals surface area contributed by atoms with Gasteiger partial charge in [-0.15, -0.1) is 0 Å². The summed E-state index contributed by atoms with van der Waals surface area (Å²) in [5.74, 6) is 0.263. The van der Waals surface area contributed by atoms with Crippen LogP contribution in [0.5, 0.6) is 11.5 Å². The zero-order chi connectivity index (χ0) is 22.5. The van der Waals surface area contributed by atoms with Crippen LogP contribution in [0.25, 0.3) is 6.08 Å². The van der Waals surface area contributed by atoms with Crippen LogP contribution in [0.3, 0.4) is 0 Å². The van der Waals surface area contributed by atoms with Crippen molar-refractivity contribution in [3.63, 3.8) is 0 Å². The molecule has 0 bridgehead atoms. The molecule has 0 aliphatic carbocycles. The van der Waals surface area contributed by atoms with Gasteiger partial charge in [0.15, 0.2) is 11.5 Å². The molecule has 3 rings (SSSR count). The molecule has 9 nitrogen and oxygen atoms in total. The van der Waals surface area contributed by atoms with Gasteiger partial charge in [0.2, 0.25) is 5.76 Å². The van der Waals surface area contributed by atoms with Crippen LogP contribution in [0, 0.1) is 0 Å². The first-order chi connectivity index (χ1) is 14.8. The topological polar surface area (TPSA) is 107 Å². The van der Waals surface area contributed by atoms with Gasteiger partial charge in [-0.25, -0.2) is 9.59 Å². The van der Waals surface area contributed by atoms with Crippen LogP contribution < -0.4 is 14.8 Å². The molecule has 1 saturated heterocycles. The quantitative estimate of drug-likeness (QED) is 0.390. The van der Waals surface area contributed by atoms with Crippen LogP contribution in [0.4, 0.5) is 4.79 Å². The highest BCUT2D eigenvalue weighted by Gasteiger charge is 2.34. The van der Waals surface area contributed by atoms with Crippen LogP contribution in [-0.2, 0) is 16.1 Å². The molecule has 0 unspecified atom stereocenters. The number of carbonyl (C=O) groups excluding carboxylic acids is 3. The van der Waals surface area contributed by atoms with Crippen LogP contribution in [-0.4, -0.2) is 42.6 Å². The average Bonchev–Trinajstić information content (AvgIpc) is 3.30. The Bertz CT molecular complexity index is 1020. The number of esters is 1. The molecule has 0 atom stereocenters. The minimum absolute atomic E-state index is 0.00696. The van der Waals surface area contributed by atoms with Gasteiger partial charge in [0.1, 0.15) is 11.5 Å². The van der Waals surface area contributed by atoms with Crippen molar-refractivity contribution in [2.45, 2.75) is 33.4 Å². The maximum absolute atomic E-state index is 12.7. The van der Waals surface area contributed by atoms with E-state index in [-0.39, 0.29) is 29.9 Å². The average molecular weight is 428 g/mol. The number of carbonyl (C=O) groups is 3. The smallest absolute Gasteiger partial charge is 0.373 e. The second kappa shape index (κ2) is 9.38. The molecule has 2 heterocycles. The van der Waals surface area contributed by atoms with Gasteiger partial charge in [0, 0.05) is 0 Å². The molecule has 1 aliphatic heterocycles. The molecule has 1 N–H and O–H groups in total. The van der Waals surface area contributed by atoms with E-state index < -0.39 is 17.9 Å². The van der Waals surface area contributed by atoms with Gasteiger partial charge in [-0.3, -0.25) is 9.69 Å². The van der Waals surface area contributed by atoms with Crippen LogP contribution in [0.1, 0.15) is 42.6 Å². The van der Waals surface area contributed by atoms with Gasteiger partial charge < -0.3 is 23.9 Å². The van der Waals surface area contributed by atoms with Gasteiger partial charge in [0.05, 0.1) is 26.4 Å². The van der Waals surface area contributed by atoms with E-state index in [4.69, 9.17) is 13.9 Å². The van der Waals surface area contributed by atoms with Gasteiger partial charge in [-0.1, -0.05) is 6.07 Å². The van der Waals surface area contributed by atoms with Gasteiger partial charge >= 0.3 is 12.0 Å². The Morgan fingerprint density at radius 2 is 1.97 bits per heavy atom. The first-order valence-electron chi connectivity index (χ1n) is 9.77. The van der Waals surface area contributed by atoms with Crippen molar-refractivity contribution >= 4 is 24.0 Å². The summed E-state index contributed by atoms with van der Waals surface area (Å²) in [5, 5.41) is 2.55. The standard InChI is InChI=1S/C22H24N2O7/c1-5-29-19-11-14(6-8-17(19)30-13(2)3)10-16-20(25)24(22(27)23-16)12-15-7-9-18(31-15)21(26)28-4/h6-11,13H,5,12H2,1-4H3,(H,23,27)/b16-10-. The van der Waals surface area contributed by atoms with Crippen molar-refractivity contribution in [1.82, 2.24) is 10.2 Å². The number of amides is 3. The summed E-state index contributed by atoms with van der Waals surface area (Å²) in [5.41, 5.74) is 0.778. The van der Waals surface area contributed by atoms with Crippen molar-refractivity contribution < 1.29 is 33.0 Å². The number of hydrogen-bond donors (Lipinski definition) is 1. The number of hydrogen-bond acceptors (Lipinski definition) is 7. The molecular weight excluding hydrogens is 404 g/mol. The molecule has 1 aromatic carbocycles. The van der Waals surface area contributed by atoms with Crippen molar-refractivity contribution in [3.8, 4) is 11.5 Å². The number of nitrogens with one attached hydrogen (secondary N) is 1. The SMILES string of the molecule is CCOc1cc(/C=C2\NC(=O)N(Cc3ccc(C(=O)OC)o3)C2=O)ccc1OC(C)C. The second-order valence-corrected chi connectivity index (χ2v) is 6.94. The number of benzene rings is 1. The number of nitrogens with zero attached hydrogens (tertiary/aromatic N) is 1. The van der Waals surface area contributed by atoms with Crippen LogP contribution >= 0.6 is 0 Å². The van der Waals surface area contributed by atoms with Gasteiger partial charge in [0.25, 0.3) is 5.91 Å². The molecular formula is C22H24N2O7. The van der Waals surface area contributed by atoms with E-state index in [0.29, 0.717) is 23.7 Å². The molecule has 0 radical (unpaired) electrons. The monoisotopic (exact) mass is 428 g/mol. The summed E-state index contributed by atoms with van der Waals surface area (Å²) in [6.07, 6.45) is 1.54. The normalized spacial score (nSPS) is 14.9. The lowest BCUT2D eigenvalue weighted by Crippen LogP contribution is -2.30. The summed E-state index contributed by atoms with van der Waals surface area (Å²) < 4.78 is 21.3. The van der Waals surface area contributed by atoms with Crippen molar-refractivity contribution in [1.29, 1.82) is 0 Å². The molecule has 0 saturated carbocycles. The maximum atomic E-state index is 12.7. The number of methoxy groups -OCH3 is 1. The number of imide groups is 1. The maximum Gasteiger partial charge on any atom is 0.373 e. The van der Waals surface area contributed by atoms with E-state index in [2.05, 4.69) is 10.1 Å². The minimum atomic E-state index is -0.640. The van der Waals surface area contributed by atoms with Gasteiger partial charge in [-0.2, -0.15) is 0 Å². The van der Waals surface area contributed by atoms with E-state index in [1.165, 1.54) is 19.2 Å². The fourth-order valence-electron chi connectivity index (χ4n) is 2.94. The molecule has 1 aromatic heterocycles. The largest absolute Gasteiger partial charge is 0.490 e. The zero-order valence-corrected chi connectivity index (χ0v) is 17.8.